The van der Waals surface area contributed by atoms with Crippen molar-refractivity contribution in [1.29, 1.82) is 0 Å². The van der Waals surface area contributed by atoms with Gasteiger partial charge in [-0.15, -0.1) is 0 Å². The average molecular weight is 413 g/mol. The molecule has 2 N–H and O–H groups in total. The number of urea groups is 1. The average Bonchev–Trinajstić information content (AvgIpc) is 2.45. The molecular weight excluding hydrogens is 404 g/mol. The van der Waals surface area contributed by atoms with E-state index in [0.717, 1.165) is 12.1 Å². The Kier molecular flexibility index (Phi) is 5.50. The number of carbonyl (C=O) groups is 1. The maximum atomic E-state index is 12.6. The van der Waals surface area contributed by atoms with Gasteiger partial charge in [0.05, 0.1) is 15.5 Å². The molecule has 0 aliphatic rings. The van der Waals surface area contributed by atoms with Crippen LogP contribution in [0, 0.1) is 0 Å². The summed E-state index contributed by atoms with van der Waals surface area (Å²) in [6.45, 7) is 0. The maximum Gasteiger partial charge on any atom is 0.417 e. The molecule has 2 aromatic rings. The molecule has 0 heterocycles. The van der Waals surface area contributed by atoms with Gasteiger partial charge in [0.25, 0.3) is 10.0 Å². The molecule has 5 nitrogen and oxygen atoms in total. The molecule has 134 valence electrons. The predicted molar refractivity (Wildman–Crippen MR) is 87.2 cm³/mol. The Bertz CT molecular complexity index is 901. The van der Waals surface area contributed by atoms with E-state index in [2.05, 4.69) is 5.32 Å². The molecule has 0 saturated carbocycles. The number of rotatable bonds is 3. The van der Waals surface area contributed by atoms with Crippen LogP contribution in [0.5, 0.6) is 0 Å². The van der Waals surface area contributed by atoms with Crippen molar-refractivity contribution in [3.63, 3.8) is 0 Å². The number of benzene rings is 2. The zero-order chi connectivity index (χ0) is 18.8. The first-order chi connectivity index (χ1) is 11.5. The van der Waals surface area contributed by atoms with E-state index >= 15 is 0 Å². The third kappa shape index (κ3) is 5.00. The van der Waals surface area contributed by atoms with Crippen LogP contribution in [0.2, 0.25) is 10.0 Å². The van der Waals surface area contributed by atoms with E-state index in [1.165, 1.54) is 24.3 Å². The normalized spacial score (nSPS) is 11.9. The first-order valence-corrected chi connectivity index (χ1v) is 8.69. The van der Waals surface area contributed by atoms with E-state index in [4.69, 9.17) is 23.2 Å². The minimum Gasteiger partial charge on any atom is -0.307 e. The van der Waals surface area contributed by atoms with Gasteiger partial charge in [0.2, 0.25) is 0 Å². The van der Waals surface area contributed by atoms with Gasteiger partial charge in [-0.3, -0.25) is 0 Å². The largest absolute Gasteiger partial charge is 0.417 e. The van der Waals surface area contributed by atoms with Crippen LogP contribution in [0.1, 0.15) is 5.56 Å². The van der Waals surface area contributed by atoms with E-state index in [1.807, 2.05) is 0 Å². The smallest absolute Gasteiger partial charge is 0.307 e. The van der Waals surface area contributed by atoms with Crippen molar-refractivity contribution in [2.45, 2.75) is 11.1 Å². The monoisotopic (exact) mass is 412 g/mol. The number of amides is 2. The molecule has 0 bridgehead atoms. The Balaban J connectivity index is 2.12. The molecule has 0 aliphatic carbocycles. The van der Waals surface area contributed by atoms with Gasteiger partial charge < -0.3 is 5.32 Å². The number of hydrogen-bond donors (Lipinski definition) is 2. The lowest BCUT2D eigenvalue weighted by Gasteiger charge is -2.12. The highest BCUT2D eigenvalue weighted by Crippen LogP contribution is 2.35. The van der Waals surface area contributed by atoms with E-state index in [0.29, 0.717) is 11.1 Å². The van der Waals surface area contributed by atoms with Crippen LogP contribution in [0.3, 0.4) is 0 Å². The summed E-state index contributed by atoms with van der Waals surface area (Å²) in [5.41, 5.74) is -1.18. The fourth-order valence-electron chi connectivity index (χ4n) is 1.77. The zero-order valence-corrected chi connectivity index (χ0v) is 14.4. The van der Waals surface area contributed by atoms with Crippen molar-refractivity contribution < 1.29 is 26.4 Å². The molecule has 0 radical (unpaired) electrons. The third-order valence-electron chi connectivity index (χ3n) is 2.88. The molecule has 2 rings (SSSR count). The Hall–Kier alpha value is -1.97. The van der Waals surface area contributed by atoms with Gasteiger partial charge in [0, 0.05) is 10.7 Å². The Morgan fingerprint density at radius 2 is 1.60 bits per heavy atom. The molecule has 2 aromatic carbocycles. The second kappa shape index (κ2) is 7.11. The number of carbonyl (C=O) groups excluding carboxylic acids is 1. The van der Waals surface area contributed by atoms with Crippen molar-refractivity contribution >= 4 is 44.9 Å². The molecule has 0 aliphatic heterocycles. The Morgan fingerprint density at radius 1 is 1.00 bits per heavy atom. The number of nitrogens with one attached hydrogen (secondary N) is 2. The van der Waals surface area contributed by atoms with Gasteiger partial charge in [0.15, 0.2) is 0 Å². The molecule has 0 atom stereocenters. The predicted octanol–water partition coefficient (Wildman–Crippen LogP) is 4.52. The molecule has 0 saturated heterocycles. The lowest BCUT2D eigenvalue weighted by molar-refractivity contribution is -0.137. The summed E-state index contributed by atoms with van der Waals surface area (Å²) < 4.78 is 63.6. The zero-order valence-electron chi connectivity index (χ0n) is 12.1. The first kappa shape index (κ1) is 19.4. The molecule has 0 unspecified atom stereocenters. The van der Waals surface area contributed by atoms with E-state index in [-0.39, 0.29) is 10.6 Å². The lowest BCUT2D eigenvalue weighted by Crippen LogP contribution is -2.34. The molecule has 11 heteroatoms. The molecule has 2 amide bonds. The topological polar surface area (TPSA) is 75.3 Å². The molecule has 0 aromatic heterocycles. The van der Waals surface area contributed by atoms with E-state index in [9.17, 15) is 26.4 Å². The summed E-state index contributed by atoms with van der Waals surface area (Å²) in [5, 5.41) is 1.77. The van der Waals surface area contributed by atoms with Crippen LogP contribution < -0.4 is 10.0 Å². The third-order valence-corrected chi connectivity index (χ3v) is 4.79. The molecule has 25 heavy (non-hydrogen) atoms. The number of sulfonamides is 1. The van der Waals surface area contributed by atoms with Crippen LogP contribution in [0.4, 0.5) is 23.7 Å². The number of halogens is 5. The molecule has 0 fully saturated rings. The lowest BCUT2D eigenvalue weighted by atomic mass is 10.2. The first-order valence-electron chi connectivity index (χ1n) is 6.45. The van der Waals surface area contributed by atoms with Gasteiger partial charge in [-0.25, -0.2) is 17.9 Å². The summed E-state index contributed by atoms with van der Waals surface area (Å²) in [6.07, 6.45) is -4.64. The van der Waals surface area contributed by atoms with Gasteiger partial charge in [0.1, 0.15) is 0 Å². The highest BCUT2D eigenvalue weighted by Gasteiger charge is 2.33. The second-order valence-corrected chi connectivity index (χ2v) is 7.23. The minimum absolute atomic E-state index is 0.109. The quantitative estimate of drug-likeness (QED) is 0.777. The summed E-state index contributed by atoms with van der Waals surface area (Å²) in [4.78, 5) is 11.6. The fraction of sp³-hybridized carbons (Fsp3) is 0.0714. The summed E-state index contributed by atoms with van der Waals surface area (Å²) in [5.74, 6) is 0. The SMILES string of the molecule is O=C(Nc1ccc(C(F)(F)F)c(Cl)c1)NS(=O)(=O)c1ccc(Cl)cc1. The fourth-order valence-corrected chi connectivity index (χ4v) is 3.10. The van der Waals surface area contributed by atoms with Crippen LogP contribution in [0.25, 0.3) is 0 Å². The standard InChI is InChI=1S/C14H9Cl2F3N2O3S/c15-8-1-4-10(5-2-8)25(23,24)21-13(22)20-9-3-6-11(12(16)7-9)14(17,18)19/h1-7H,(H2,20,21,22). The highest BCUT2D eigenvalue weighted by atomic mass is 35.5. The van der Waals surface area contributed by atoms with Gasteiger partial charge in [-0.05, 0) is 42.5 Å². The van der Waals surface area contributed by atoms with Crippen LogP contribution in [-0.4, -0.2) is 14.4 Å². The van der Waals surface area contributed by atoms with Gasteiger partial charge in [-0.2, -0.15) is 13.2 Å². The Labute approximate surface area is 150 Å². The van der Waals surface area contributed by atoms with Crippen molar-refractivity contribution in [2.24, 2.45) is 0 Å². The Morgan fingerprint density at radius 3 is 2.12 bits per heavy atom. The minimum atomic E-state index is -4.64. The van der Waals surface area contributed by atoms with Crippen molar-refractivity contribution in [2.75, 3.05) is 5.32 Å². The summed E-state index contributed by atoms with van der Waals surface area (Å²) >= 11 is 11.2. The van der Waals surface area contributed by atoms with Crippen molar-refractivity contribution in [3.8, 4) is 0 Å². The molecule has 0 spiro atoms. The number of hydrogen-bond acceptors (Lipinski definition) is 3. The summed E-state index contributed by atoms with van der Waals surface area (Å²) in [7, 11) is -4.17. The van der Waals surface area contributed by atoms with Crippen LogP contribution in [0.15, 0.2) is 47.4 Å². The van der Waals surface area contributed by atoms with Crippen molar-refractivity contribution in [3.05, 3.63) is 58.1 Å². The number of alkyl halides is 3. The van der Waals surface area contributed by atoms with Gasteiger partial charge >= 0.3 is 12.2 Å². The number of anilines is 1. The van der Waals surface area contributed by atoms with Crippen molar-refractivity contribution in [1.82, 2.24) is 4.72 Å². The van der Waals surface area contributed by atoms with E-state index in [1.54, 1.807) is 4.72 Å². The van der Waals surface area contributed by atoms with Crippen LogP contribution >= 0.6 is 23.2 Å². The van der Waals surface area contributed by atoms with Gasteiger partial charge in [-0.1, -0.05) is 23.2 Å². The highest BCUT2D eigenvalue weighted by molar-refractivity contribution is 7.90. The summed E-state index contributed by atoms with van der Waals surface area (Å²) in [6, 6.07) is 6.34. The second-order valence-electron chi connectivity index (χ2n) is 4.71. The van der Waals surface area contributed by atoms with E-state index < -0.39 is 32.8 Å². The molecular formula is C14H9Cl2F3N2O3S. The maximum absolute atomic E-state index is 12.6. The van der Waals surface area contributed by atoms with Crippen LogP contribution in [-0.2, 0) is 16.2 Å².